The van der Waals surface area contributed by atoms with Gasteiger partial charge in [-0.05, 0) is 19.1 Å². The van der Waals surface area contributed by atoms with E-state index in [0.717, 1.165) is 23.0 Å². The average Bonchev–Trinajstić information content (AvgIpc) is 2.54. The monoisotopic (exact) mass is 301 g/mol. The SMILES string of the molecule is Cc1cc(N(C)CC2COc3ccccc3O2)nc(CO)n1. The van der Waals surface area contributed by atoms with Crippen LogP contribution in [0.1, 0.15) is 11.5 Å². The van der Waals surface area contributed by atoms with E-state index in [4.69, 9.17) is 9.47 Å². The summed E-state index contributed by atoms with van der Waals surface area (Å²) in [6.45, 7) is 2.85. The van der Waals surface area contributed by atoms with Crippen LogP contribution in [0, 0.1) is 6.92 Å². The molecule has 22 heavy (non-hydrogen) atoms. The number of aromatic nitrogens is 2. The maximum absolute atomic E-state index is 9.21. The van der Waals surface area contributed by atoms with Gasteiger partial charge in [-0.15, -0.1) is 0 Å². The van der Waals surface area contributed by atoms with E-state index in [2.05, 4.69) is 9.97 Å². The third-order valence-electron chi connectivity index (χ3n) is 3.46. The molecule has 1 N–H and O–H groups in total. The first-order valence-electron chi connectivity index (χ1n) is 7.21. The van der Waals surface area contributed by atoms with Crippen molar-refractivity contribution in [2.45, 2.75) is 19.6 Å². The molecule has 116 valence electrons. The van der Waals surface area contributed by atoms with Crippen LogP contribution in [0.3, 0.4) is 0 Å². The van der Waals surface area contributed by atoms with E-state index in [0.29, 0.717) is 19.0 Å². The van der Waals surface area contributed by atoms with Crippen LogP contribution in [-0.2, 0) is 6.61 Å². The van der Waals surface area contributed by atoms with Crippen molar-refractivity contribution in [1.82, 2.24) is 9.97 Å². The summed E-state index contributed by atoms with van der Waals surface area (Å²) in [4.78, 5) is 10.5. The Kier molecular flexibility index (Phi) is 4.11. The lowest BCUT2D eigenvalue weighted by atomic mass is 10.2. The van der Waals surface area contributed by atoms with Crippen molar-refractivity contribution in [3.05, 3.63) is 41.9 Å². The summed E-state index contributed by atoms with van der Waals surface area (Å²) in [6, 6.07) is 9.54. The molecule has 3 rings (SSSR count). The first-order chi connectivity index (χ1) is 10.7. The Bertz CT molecular complexity index is 663. The van der Waals surface area contributed by atoms with Crippen LogP contribution in [-0.4, -0.2) is 41.4 Å². The van der Waals surface area contributed by atoms with Gasteiger partial charge in [0.05, 0.1) is 6.54 Å². The molecular weight excluding hydrogens is 282 g/mol. The van der Waals surface area contributed by atoms with Crippen LogP contribution in [0.15, 0.2) is 30.3 Å². The lowest BCUT2D eigenvalue weighted by molar-refractivity contribution is 0.0959. The smallest absolute Gasteiger partial charge is 0.161 e. The maximum atomic E-state index is 9.21. The number of aliphatic hydroxyl groups is 1. The molecule has 0 saturated carbocycles. The van der Waals surface area contributed by atoms with Gasteiger partial charge < -0.3 is 19.5 Å². The molecule has 1 aromatic heterocycles. The molecule has 0 bridgehead atoms. The fraction of sp³-hybridized carbons (Fsp3) is 0.375. The number of hydrogen-bond acceptors (Lipinski definition) is 6. The first kappa shape index (κ1) is 14.6. The van der Waals surface area contributed by atoms with Gasteiger partial charge in [-0.25, -0.2) is 9.97 Å². The molecule has 2 heterocycles. The van der Waals surface area contributed by atoms with E-state index in [-0.39, 0.29) is 12.7 Å². The Hall–Kier alpha value is -2.34. The summed E-state index contributed by atoms with van der Waals surface area (Å²) in [5.41, 5.74) is 0.826. The van der Waals surface area contributed by atoms with Gasteiger partial charge in [0, 0.05) is 18.8 Å². The molecule has 1 aliphatic heterocycles. The third-order valence-corrected chi connectivity index (χ3v) is 3.46. The van der Waals surface area contributed by atoms with Crippen LogP contribution < -0.4 is 14.4 Å². The molecule has 2 aromatic rings. The quantitative estimate of drug-likeness (QED) is 0.924. The minimum atomic E-state index is -0.168. The zero-order valence-electron chi connectivity index (χ0n) is 12.7. The maximum Gasteiger partial charge on any atom is 0.161 e. The summed E-state index contributed by atoms with van der Waals surface area (Å²) in [5, 5.41) is 9.21. The zero-order chi connectivity index (χ0) is 15.5. The summed E-state index contributed by atoms with van der Waals surface area (Å²) < 4.78 is 11.7. The summed E-state index contributed by atoms with van der Waals surface area (Å²) >= 11 is 0. The fourth-order valence-electron chi connectivity index (χ4n) is 2.43. The van der Waals surface area contributed by atoms with Crippen molar-refractivity contribution in [3.8, 4) is 11.5 Å². The van der Waals surface area contributed by atoms with Gasteiger partial charge in [-0.1, -0.05) is 12.1 Å². The van der Waals surface area contributed by atoms with Crippen LogP contribution in [0.4, 0.5) is 5.82 Å². The van der Waals surface area contributed by atoms with Gasteiger partial charge in [0.2, 0.25) is 0 Å². The minimum absolute atomic E-state index is 0.0762. The number of para-hydroxylation sites is 2. The van der Waals surface area contributed by atoms with Crippen LogP contribution in [0.5, 0.6) is 11.5 Å². The number of rotatable bonds is 4. The van der Waals surface area contributed by atoms with Crippen molar-refractivity contribution in [2.24, 2.45) is 0 Å². The Morgan fingerprint density at radius 1 is 1.27 bits per heavy atom. The van der Waals surface area contributed by atoms with E-state index in [1.54, 1.807) is 0 Å². The minimum Gasteiger partial charge on any atom is -0.486 e. The molecule has 6 heteroatoms. The van der Waals surface area contributed by atoms with Crippen LogP contribution in [0.25, 0.3) is 0 Å². The number of aliphatic hydroxyl groups excluding tert-OH is 1. The molecule has 6 nitrogen and oxygen atoms in total. The number of hydrogen-bond donors (Lipinski definition) is 1. The molecule has 0 aliphatic carbocycles. The lowest BCUT2D eigenvalue weighted by Gasteiger charge is -2.30. The average molecular weight is 301 g/mol. The number of nitrogens with zero attached hydrogens (tertiary/aromatic N) is 3. The largest absolute Gasteiger partial charge is 0.486 e. The molecule has 1 aromatic carbocycles. The number of aryl methyl sites for hydroxylation is 1. The van der Waals surface area contributed by atoms with Crippen molar-refractivity contribution >= 4 is 5.82 Å². The lowest BCUT2D eigenvalue weighted by Crippen LogP contribution is -2.39. The predicted octanol–water partition coefficient (Wildman–Crippen LogP) is 1.55. The highest BCUT2D eigenvalue weighted by atomic mass is 16.6. The molecule has 0 amide bonds. The van der Waals surface area contributed by atoms with Crippen LogP contribution >= 0.6 is 0 Å². The Labute approximate surface area is 129 Å². The van der Waals surface area contributed by atoms with Gasteiger partial charge in [-0.3, -0.25) is 0 Å². The highest BCUT2D eigenvalue weighted by molar-refractivity contribution is 5.42. The Balaban J connectivity index is 1.70. The van der Waals surface area contributed by atoms with Crippen molar-refractivity contribution in [3.63, 3.8) is 0 Å². The first-order valence-corrected chi connectivity index (χ1v) is 7.21. The normalized spacial score (nSPS) is 16.4. The van der Waals surface area contributed by atoms with Gasteiger partial charge in [0.1, 0.15) is 19.0 Å². The highest BCUT2D eigenvalue weighted by Gasteiger charge is 2.22. The number of likely N-dealkylation sites (N-methyl/N-ethyl adjacent to an activating group) is 1. The van der Waals surface area contributed by atoms with Crippen molar-refractivity contribution in [2.75, 3.05) is 25.1 Å². The number of ether oxygens (including phenoxy) is 2. The van der Waals surface area contributed by atoms with E-state index < -0.39 is 0 Å². The molecule has 1 atom stereocenters. The molecule has 1 unspecified atom stereocenters. The summed E-state index contributed by atoms with van der Waals surface area (Å²) in [6.07, 6.45) is -0.0762. The number of benzene rings is 1. The fourth-order valence-corrected chi connectivity index (χ4v) is 2.43. The molecule has 0 spiro atoms. The van der Waals surface area contributed by atoms with E-state index >= 15 is 0 Å². The second-order valence-electron chi connectivity index (χ2n) is 5.32. The second kappa shape index (κ2) is 6.19. The Morgan fingerprint density at radius 2 is 2.05 bits per heavy atom. The third kappa shape index (κ3) is 3.12. The van der Waals surface area contributed by atoms with Crippen molar-refractivity contribution < 1.29 is 14.6 Å². The van der Waals surface area contributed by atoms with Gasteiger partial charge in [0.25, 0.3) is 0 Å². The van der Waals surface area contributed by atoms with Crippen LogP contribution in [0.2, 0.25) is 0 Å². The standard InChI is InChI=1S/C16H19N3O3/c1-11-7-16(18-15(9-20)17-11)19(2)8-12-10-21-13-5-3-4-6-14(13)22-12/h3-7,12,20H,8-10H2,1-2H3. The highest BCUT2D eigenvalue weighted by Crippen LogP contribution is 2.31. The number of fused-ring (bicyclic) bond motifs is 1. The zero-order valence-corrected chi connectivity index (χ0v) is 12.7. The molecule has 0 fully saturated rings. The molecular formula is C16H19N3O3. The Morgan fingerprint density at radius 3 is 2.82 bits per heavy atom. The summed E-state index contributed by atoms with van der Waals surface area (Å²) in [5.74, 6) is 2.73. The summed E-state index contributed by atoms with van der Waals surface area (Å²) in [7, 11) is 1.94. The second-order valence-corrected chi connectivity index (χ2v) is 5.32. The van der Waals surface area contributed by atoms with E-state index in [1.165, 1.54) is 0 Å². The molecule has 1 aliphatic rings. The molecule has 0 radical (unpaired) electrons. The van der Waals surface area contributed by atoms with E-state index in [1.807, 2.05) is 49.2 Å². The predicted molar refractivity (Wildman–Crippen MR) is 82.3 cm³/mol. The van der Waals surface area contributed by atoms with Gasteiger partial charge in [0.15, 0.2) is 23.4 Å². The van der Waals surface area contributed by atoms with Gasteiger partial charge in [-0.2, -0.15) is 0 Å². The topological polar surface area (TPSA) is 67.7 Å². The van der Waals surface area contributed by atoms with Crippen molar-refractivity contribution in [1.29, 1.82) is 0 Å². The van der Waals surface area contributed by atoms with E-state index in [9.17, 15) is 5.11 Å². The van der Waals surface area contributed by atoms with Gasteiger partial charge >= 0.3 is 0 Å². The number of anilines is 1. The molecule has 0 saturated heterocycles.